The molecule has 0 unspecified atom stereocenters. The summed E-state index contributed by atoms with van der Waals surface area (Å²) in [6.07, 6.45) is 4.37. The number of rotatable bonds is 3. The third kappa shape index (κ3) is 3.50. The van der Waals surface area contributed by atoms with Crippen molar-refractivity contribution in [3.8, 4) is 0 Å². The summed E-state index contributed by atoms with van der Waals surface area (Å²) in [5, 5.41) is 13.3. The maximum absolute atomic E-state index is 11.8. The number of carbonyl (C=O) groups excluding carboxylic acids is 2. The minimum atomic E-state index is -0.498. The number of imide groups is 1. The molecule has 1 aromatic rings. The smallest absolute Gasteiger partial charge is 0.321 e. The van der Waals surface area contributed by atoms with Gasteiger partial charge in [-0.05, 0) is 19.8 Å². The minimum Gasteiger partial charge on any atom is -0.341 e. The molecule has 1 atom stereocenters. The fourth-order valence-electron chi connectivity index (χ4n) is 2.03. The zero-order valence-electron chi connectivity index (χ0n) is 11.7. The van der Waals surface area contributed by atoms with Crippen LogP contribution in [-0.2, 0) is 17.8 Å². The van der Waals surface area contributed by atoms with Crippen molar-refractivity contribution in [1.82, 2.24) is 25.4 Å². The molecular weight excluding hydrogens is 278 g/mol. The first-order valence-corrected chi connectivity index (χ1v) is 7.61. The van der Waals surface area contributed by atoms with Crippen LogP contribution in [0.1, 0.15) is 32.0 Å². The van der Waals surface area contributed by atoms with Gasteiger partial charge >= 0.3 is 6.03 Å². The van der Waals surface area contributed by atoms with Crippen molar-refractivity contribution in [2.75, 3.05) is 7.05 Å². The Labute approximate surface area is 121 Å². The molecule has 1 aliphatic heterocycles. The van der Waals surface area contributed by atoms with Crippen LogP contribution in [0.25, 0.3) is 0 Å². The molecule has 1 aromatic heterocycles. The normalized spacial score (nSPS) is 15.9. The summed E-state index contributed by atoms with van der Waals surface area (Å²) in [5.41, 5.74) is 0. The Morgan fingerprint density at radius 3 is 2.85 bits per heavy atom. The third-order valence-electron chi connectivity index (χ3n) is 3.19. The standard InChI is InChI=1S/C12H19N5O2S/c1-8(10(18)14-11(19)13-2)20-12-16-15-9-6-4-3-5-7-17(9)12/h8H,3-7H2,1-2H3,(H2,13,14,18,19)/t8-/m0/s1. The van der Waals surface area contributed by atoms with E-state index in [0.717, 1.165) is 36.8 Å². The van der Waals surface area contributed by atoms with E-state index in [9.17, 15) is 9.59 Å². The highest BCUT2D eigenvalue weighted by molar-refractivity contribution is 8.00. The van der Waals surface area contributed by atoms with E-state index >= 15 is 0 Å². The van der Waals surface area contributed by atoms with Crippen molar-refractivity contribution in [2.45, 2.75) is 49.6 Å². The predicted octanol–water partition coefficient (Wildman–Crippen LogP) is 0.941. The van der Waals surface area contributed by atoms with Crippen LogP contribution in [0.4, 0.5) is 4.79 Å². The van der Waals surface area contributed by atoms with Gasteiger partial charge in [-0.3, -0.25) is 10.1 Å². The van der Waals surface area contributed by atoms with Gasteiger partial charge in [0.25, 0.3) is 0 Å². The van der Waals surface area contributed by atoms with Crippen LogP contribution in [0, 0.1) is 0 Å². The van der Waals surface area contributed by atoms with Gasteiger partial charge in [0.05, 0.1) is 5.25 Å². The van der Waals surface area contributed by atoms with Crippen molar-refractivity contribution >= 4 is 23.7 Å². The number of urea groups is 1. The van der Waals surface area contributed by atoms with Gasteiger partial charge in [-0.1, -0.05) is 18.2 Å². The lowest BCUT2D eigenvalue weighted by molar-refractivity contribution is -0.119. The van der Waals surface area contributed by atoms with Gasteiger partial charge < -0.3 is 9.88 Å². The number of aryl methyl sites for hydroxylation is 1. The first-order valence-electron chi connectivity index (χ1n) is 6.73. The maximum atomic E-state index is 11.8. The summed E-state index contributed by atoms with van der Waals surface area (Å²) in [6, 6.07) is -0.498. The summed E-state index contributed by atoms with van der Waals surface area (Å²) < 4.78 is 2.08. The minimum absolute atomic E-state index is 0.333. The van der Waals surface area contributed by atoms with Crippen molar-refractivity contribution in [2.24, 2.45) is 0 Å². The zero-order chi connectivity index (χ0) is 14.5. The molecule has 20 heavy (non-hydrogen) atoms. The van der Waals surface area contributed by atoms with Gasteiger partial charge in [-0.2, -0.15) is 0 Å². The summed E-state index contributed by atoms with van der Waals surface area (Å²) in [5.74, 6) is 0.657. The van der Waals surface area contributed by atoms with Crippen LogP contribution in [0.5, 0.6) is 0 Å². The predicted molar refractivity (Wildman–Crippen MR) is 75.5 cm³/mol. The average molecular weight is 297 g/mol. The van der Waals surface area contributed by atoms with E-state index in [4.69, 9.17) is 0 Å². The number of nitrogens with one attached hydrogen (secondary N) is 2. The topological polar surface area (TPSA) is 88.9 Å². The van der Waals surface area contributed by atoms with E-state index in [1.807, 2.05) is 0 Å². The van der Waals surface area contributed by atoms with E-state index in [1.54, 1.807) is 6.92 Å². The number of aromatic nitrogens is 3. The molecule has 7 nitrogen and oxygen atoms in total. The van der Waals surface area contributed by atoms with E-state index in [0.29, 0.717) is 0 Å². The molecule has 2 rings (SSSR count). The van der Waals surface area contributed by atoms with Crippen LogP contribution < -0.4 is 10.6 Å². The highest BCUT2D eigenvalue weighted by atomic mass is 32.2. The number of thioether (sulfide) groups is 1. The second-order valence-corrected chi connectivity index (χ2v) is 6.00. The molecule has 0 bridgehead atoms. The van der Waals surface area contributed by atoms with Crippen LogP contribution >= 0.6 is 11.8 Å². The lowest BCUT2D eigenvalue weighted by Gasteiger charge is -2.11. The summed E-state index contributed by atoms with van der Waals surface area (Å²) in [4.78, 5) is 22.9. The Morgan fingerprint density at radius 2 is 2.10 bits per heavy atom. The Hall–Kier alpha value is -1.57. The zero-order valence-corrected chi connectivity index (χ0v) is 12.5. The molecule has 0 fully saturated rings. The Balaban J connectivity index is 2.01. The second kappa shape index (κ2) is 6.74. The largest absolute Gasteiger partial charge is 0.341 e. The summed E-state index contributed by atoms with van der Waals surface area (Å²) >= 11 is 1.33. The number of carbonyl (C=O) groups is 2. The fourth-order valence-corrected chi connectivity index (χ4v) is 2.93. The van der Waals surface area contributed by atoms with Gasteiger partial charge in [-0.25, -0.2) is 4.79 Å². The molecule has 0 aliphatic carbocycles. The molecule has 0 radical (unpaired) electrons. The number of amides is 3. The van der Waals surface area contributed by atoms with E-state index in [1.165, 1.54) is 25.2 Å². The Kier molecular flexibility index (Phi) is 4.99. The lowest BCUT2D eigenvalue weighted by Crippen LogP contribution is -2.41. The molecule has 1 aliphatic rings. The Bertz CT molecular complexity index is 502. The molecule has 2 heterocycles. The molecule has 0 spiro atoms. The average Bonchev–Trinajstić information content (AvgIpc) is 2.67. The van der Waals surface area contributed by atoms with Gasteiger partial charge in [0.15, 0.2) is 5.16 Å². The van der Waals surface area contributed by atoms with Crippen LogP contribution in [0.3, 0.4) is 0 Å². The van der Waals surface area contributed by atoms with Crippen molar-refractivity contribution in [3.05, 3.63) is 5.82 Å². The van der Waals surface area contributed by atoms with Gasteiger partial charge in [0.1, 0.15) is 5.82 Å². The summed E-state index contributed by atoms with van der Waals surface area (Å²) in [7, 11) is 1.47. The van der Waals surface area contributed by atoms with Crippen molar-refractivity contribution < 1.29 is 9.59 Å². The fraction of sp³-hybridized carbons (Fsp3) is 0.667. The second-order valence-electron chi connectivity index (χ2n) is 4.69. The van der Waals surface area contributed by atoms with E-state index in [-0.39, 0.29) is 5.91 Å². The molecule has 0 saturated heterocycles. The van der Waals surface area contributed by atoms with Crippen molar-refractivity contribution in [3.63, 3.8) is 0 Å². The first kappa shape index (κ1) is 14.8. The number of fused-ring (bicyclic) bond motifs is 1. The molecule has 8 heteroatoms. The molecule has 0 aromatic carbocycles. The van der Waals surface area contributed by atoms with Gasteiger partial charge in [0, 0.05) is 20.0 Å². The van der Waals surface area contributed by atoms with E-state index < -0.39 is 11.3 Å². The molecule has 0 saturated carbocycles. The SMILES string of the molecule is CNC(=O)NC(=O)[C@H](C)Sc1nnc2n1CCCCC2. The van der Waals surface area contributed by atoms with Gasteiger partial charge in [-0.15, -0.1) is 10.2 Å². The summed E-state index contributed by atoms with van der Waals surface area (Å²) in [6.45, 7) is 2.65. The number of hydrogen-bond acceptors (Lipinski definition) is 5. The highest BCUT2D eigenvalue weighted by Gasteiger charge is 2.21. The maximum Gasteiger partial charge on any atom is 0.321 e. The third-order valence-corrected chi connectivity index (χ3v) is 4.27. The van der Waals surface area contributed by atoms with Crippen LogP contribution in [0.2, 0.25) is 0 Å². The molecule has 110 valence electrons. The highest BCUT2D eigenvalue weighted by Crippen LogP contribution is 2.25. The Morgan fingerprint density at radius 1 is 1.30 bits per heavy atom. The van der Waals surface area contributed by atoms with Crippen LogP contribution in [0.15, 0.2) is 5.16 Å². The quantitative estimate of drug-likeness (QED) is 0.811. The van der Waals surface area contributed by atoms with Crippen molar-refractivity contribution in [1.29, 1.82) is 0 Å². The molecule has 2 N–H and O–H groups in total. The number of nitrogens with zero attached hydrogens (tertiary/aromatic N) is 3. The first-order chi connectivity index (χ1) is 9.61. The monoisotopic (exact) mass is 297 g/mol. The number of hydrogen-bond donors (Lipinski definition) is 2. The van der Waals surface area contributed by atoms with Gasteiger partial charge in [0.2, 0.25) is 5.91 Å². The lowest BCUT2D eigenvalue weighted by atomic mass is 10.2. The van der Waals surface area contributed by atoms with E-state index in [2.05, 4.69) is 25.4 Å². The molecular formula is C12H19N5O2S. The van der Waals surface area contributed by atoms with Crippen LogP contribution in [-0.4, -0.2) is 39.0 Å². The molecule has 3 amide bonds.